The maximum atomic E-state index is 12.1. The van der Waals surface area contributed by atoms with Gasteiger partial charge in [-0.15, -0.1) is 0 Å². The van der Waals surface area contributed by atoms with Crippen LogP contribution in [0.25, 0.3) is 11.0 Å². The van der Waals surface area contributed by atoms with Gasteiger partial charge in [0.1, 0.15) is 11.3 Å². The third kappa shape index (κ3) is 4.11. The van der Waals surface area contributed by atoms with E-state index in [1.807, 2.05) is 37.3 Å². The van der Waals surface area contributed by atoms with E-state index in [0.29, 0.717) is 11.3 Å². The molecule has 134 valence electrons. The molecule has 1 amide bonds. The van der Waals surface area contributed by atoms with Crippen LogP contribution in [0.3, 0.4) is 0 Å². The van der Waals surface area contributed by atoms with Crippen LogP contribution in [-0.2, 0) is 11.2 Å². The van der Waals surface area contributed by atoms with Gasteiger partial charge in [-0.3, -0.25) is 4.79 Å². The first-order valence-electron chi connectivity index (χ1n) is 8.62. The van der Waals surface area contributed by atoms with E-state index in [4.69, 9.17) is 9.15 Å². The van der Waals surface area contributed by atoms with Gasteiger partial charge < -0.3 is 14.5 Å². The molecule has 5 heteroatoms. The Bertz CT molecular complexity index is 991. The third-order valence-electron chi connectivity index (χ3n) is 4.11. The molecule has 0 fully saturated rings. The third-order valence-corrected chi connectivity index (χ3v) is 4.11. The van der Waals surface area contributed by atoms with E-state index in [2.05, 4.69) is 12.2 Å². The largest absolute Gasteiger partial charge is 0.484 e. The summed E-state index contributed by atoms with van der Waals surface area (Å²) < 4.78 is 10.8. The maximum Gasteiger partial charge on any atom is 0.336 e. The van der Waals surface area contributed by atoms with Gasteiger partial charge in [0.15, 0.2) is 6.61 Å². The van der Waals surface area contributed by atoms with Crippen molar-refractivity contribution >= 4 is 22.6 Å². The Labute approximate surface area is 151 Å². The van der Waals surface area contributed by atoms with Crippen molar-refractivity contribution in [3.8, 4) is 5.75 Å². The summed E-state index contributed by atoms with van der Waals surface area (Å²) in [6.45, 7) is 3.86. The monoisotopic (exact) mass is 351 g/mol. The van der Waals surface area contributed by atoms with Crippen molar-refractivity contribution in [2.45, 2.75) is 26.7 Å². The van der Waals surface area contributed by atoms with E-state index in [1.54, 1.807) is 12.1 Å². The van der Waals surface area contributed by atoms with Crippen molar-refractivity contribution in [2.75, 3.05) is 11.9 Å². The fraction of sp³-hybridized carbons (Fsp3) is 0.238. The van der Waals surface area contributed by atoms with Crippen molar-refractivity contribution in [3.05, 3.63) is 70.1 Å². The first-order chi connectivity index (χ1) is 12.6. The van der Waals surface area contributed by atoms with Crippen molar-refractivity contribution in [2.24, 2.45) is 0 Å². The van der Waals surface area contributed by atoms with Crippen LogP contribution in [0.2, 0.25) is 0 Å². The number of fused-ring (bicyclic) bond motifs is 1. The minimum Gasteiger partial charge on any atom is -0.484 e. The van der Waals surface area contributed by atoms with E-state index in [-0.39, 0.29) is 18.1 Å². The lowest BCUT2D eigenvalue weighted by atomic mass is 10.1. The van der Waals surface area contributed by atoms with Crippen molar-refractivity contribution in [1.29, 1.82) is 0 Å². The predicted octanol–water partition coefficient (Wildman–Crippen LogP) is 4.07. The van der Waals surface area contributed by atoms with Gasteiger partial charge in [-0.2, -0.15) is 0 Å². The second-order valence-corrected chi connectivity index (χ2v) is 6.15. The quantitative estimate of drug-likeness (QED) is 0.680. The zero-order chi connectivity index (χ0) is 18.5. The molecule has 0 aliphatic rings. The van der Waals surface area contributed by atoms with Crippen LogP contribution < -0.4 is 15.7 Å². The van der Waals surface area contributed by atoms with Crippen LogP contribution in [0, 0.1) is 6.92 Å². The van der Waals surface area contributed by atoms with Gasteiger partial charge in [-0.1, -0.05) is 31.5 Å². The number of amides is 1. The Morgan fingerprint density at radius 3 is 2.73 bits per heavy atom. The Morgan fingerprint density at radius 2 is 1.96 bits per heavy atom. The molecule has 0 aliphatic carbocycles. The lowest BCUT2D eigenvalue weighted by Gasteiger charge is -2.10. The summed E-state index contributed by atoms with van der Waals surface area (Å²) in [6, 6.07) is 14.4. The van der Waals surface area contributed by atoms with Gasteiger partial charge >= 0.3 is 5.63 Å². The molecule has 0 unspecified atom stereocenters. The second kappa shape index (κ2) is 7.87. The van der Waals surface area contributed by atoms with E-state index in [0.717, 1.165) is 35.0 Å². The molecule has 0 radical (unpaired) electrons. The van der Waals surface area contributed by atoms with E-state index < -0.39 is 0 Å². The van der Waals surface area contributed by atoms with Gasteiger partial charge in [0.25, 0.3) is 5.91 Å². The predicted molar refractivity (Wildman–Crippen MR) is 102 cm³/mol. The number of hydrogen-bond acceptors (Lipinski definition) is 4. The molecule has 1 heterocycles. The van der Waals surface area contributed by atoms with Crippen LogP contribution in [0.5, 0.6) is 5.75 Å². The highest BCUT2D eigenvalue weighted by Crippen LogP contribution is 2.23. The fourth-order valence-electron chi connectivity index (χ4n) is 2.82. The van der Waals surface area contributed by atoms with E-state index in [9.17, 15) is 9.59 Å². The first-order valence-corrected chi connectivity index (χ1v) is 8.62. The number of ether oxygens (including phenoxy) is 1. The molecule has 1 aromatic heterocycles. The van der Waals surface area contributed by atoms with Gasteiger partial charge in [-0.25, -0.2) is 4.79 Å². The average Bonchev–Trinajstić information content (AvgIpc) is 2.62. The summed E-state index contributed by atoms with van der Waals surface area (Å²) in [4.78, 5) is 23.8. The summed E-state index contributed by atoms with van der Waals surface area (Å²) in [7, 11) is 0. The summed E-state index contributed by atoms with van der Waals surface area (Å²) >= 11 is 0. The second-order valence-electron chi connectivity index (χ2n) is 6.15. The Kier molecular flexibility index (Phi) is 5.37. The fourth-order valence-corrected chi connectivity index (χ4v) is 2.82. The minimum atomic E-state index is -0.379. The molecule has 0 atom stereocenters. The Balaban J connectivity index is 1.72. The Morgan fingerprint density at radius 1 is 1.15 bits per heavy atom. The van der Waals surface area contributed by atoms with Crippen molar-refractivity contribution in [3.63, 3.8) is 0 Å². The molecular formula is C21H21NO4. The normalized spacial score (nSPS) is 10.7. The lowest BCUT2D eigenvalue weighted by molar-refractivity contribution is -0.118. The summed E-state index contributed by atoms with van der Waals surface area (Å²) in [5.41, 5.74) is 2.79. The standard InChI is InChI=1S/C21H21NO4/c1-3-6-15-11-21(24)26-19-12-16(9-10-17(15)19)25-13-20(23)22-18-8-5-4-7-14(18)2/h4-5,7-12H,3,6,13H2,1-2H3,(H,22,23). The summed E-state index contributed by atoms with van der Waals surface area (Å²) in [5, 5.41) is 3.71. The SMILES string of the molecule is CCCc1cc(=O)oc2cc(OCC(=O)Nc3ccccc3C)ccc12. The summed E-state index contributed by atoms with van der Waals surface area (Å²) in [5.74, 6) is 0.231. The zero-order valence-electron chi connectivity index (χ0n) is 14.9. The number of anilines is 1. The highest BCUT2D eigenvalue weighted by molar-refractivity contribution is 5.92. The maximum absolute atomic E-state index is 12.1. The molecule has 1 N–H and O–H groups in total. The minimum absolute atomic E-state index is 0.126. The number of aryl methyl sites for hydroxylation is 2. The van der Waals surface area contributed by atoms with Gasteiger partial charge in [0, 0.05) is 23.2 Å². The topological polar surface area (TPSA) is 68.5 Å². The number of para-hydroxylation sites is 1. The highest BCUT2D eigenvalue weighted by atomic mass is 16.5. The number of benzene rings is 2. The van der Waals surface area contributed by atoms with E-state index in [1.165, 1.54) is 6.07 Å². The smallest absolute Gasteiger partial charge is 0.336 e. The van der Waals surface area contributed by atoms with E-state index >= 15 is 0 Å². The molecule has 0 aliphatic heterocycles. The molecule has 5 nitrogen and oxygen atoms in total. The van der Waals surface area contributed by atoms with Crippen LogP contribution >= 0.6 is 0 Å². The van der Waals surface area contributed by atoms with Crippen LogP contribution in [0.4, 0.5) is 5.69 Å². The van der Waals surface area contributed by atoms with Gasteiger partial charge in [0.2, 0.25) is 0 Å². The molecule has 3 aromatic rings. The molecule has 3 rings (SSSR count). The van der Waals surface area contributed by atoms with Crippen LogP contribution in [0.15, 0.2) is 57.7 Å². The van der Waals surface area contributed by atoms with Crippen LogP contribution in [0.1, 0.15) is 24.5 Å². The number of hydrogen-bond donors (Lipinski definition) is 1. The number of rotatable bonds is 6. The molecule has 0 bridgehead atoms. The molecule has 2 aromatic carbocycles. The molecule has 0 saturated carbocycles. The number of nitrogens with one attached hydrogen (secondary N) is 1. The lowest BCUT2D eigenvalue weighted by Crippen LogP contribution is -2.20. The molecule has 26 heavy (non-hydrogen) atoms. The van der Waals surface area contributed by atoms with Crippen molar-refractivity contribution in [1.82, 2.24) is 0 Å². The van der Waals surface area contributed by atoms with Gasteiger partial charge in [0.05, 0.1) is 0 Å². The molecule has 0 saturated heterocycles. The summed E-state index contributed by atoms with van der Waals surface area (Å²) in [6.07, 6.45) is 1.75. The first kappa shape index (κ1) is 17.7. The zero-order valence-corrected chi connectivity index (χ0v) is 14.9. The molecule has 0 spiro atoms. The van der Waals surface area contributed by atoms with Crippen molar-refractivity contribution < 1.29 is 13.9 Å². The number of carbonyl (C=O) groups excluding carboxylic acids is 1. The van der Waals surface area contributed by atoms with Crippen LogP contribution in [-0.4, -0.2) is 12.5 Å². The number of carbonyl (C=O) groups is 1. The highest BCUT2D eigenvalue weighted by Gasteiger charge is 2.09. The molecular weight excluding hydrogens is 330 g/mol. The van der Waals surface area contributed by atoms with Gasteiger partial charge in [-0.05, 0) is 42.7 Å². The Hall–Kier alpha value is -3.08. The average molecular weight is 351 g/mol.